The average Bonchev–Trinajstić information content (AvgIpc) is 3.43. The smallest absolute Gasteiger partial charge is 0.343 e. The molecule has 0 fully saturated rings. The Bertz CT molecular complexity index is 2240. The maximum atomic E-state index is 14.3. The van der Waals surface area contributed by atoms with Gasteiger partial charge in [-0.3, -0.25) is 9.36 Å². The van der Waals surface area contributed by atoms with Gasteiger partial charge in [-0.25, -0.2) is 19.4 Å². The van der Waals surface area contributed by atoms with E-state index in [9.17, 15) is 24.3 Å². The molecule has 0 radical (unpaired) electrons. The zero-order valence-corrected chi connectivity index (χ0v) is 32.6. The van der Waals surface area contributed by atoms with Crippen LogP contribution < -0.4 is 33.8 Å². The predicted octanol–water partition coefficient (Wildman–Crippen LogP) is 5.03. The van der Waals surface area contributed by atoms with Gasteiger partial charge in [0.05, 0.1) is 57.9 Å². The molecule has 1 aliphatic rings. The van der Waals surface area contributed by atoms with Crippen LogP contribution in [0.5, 0.6) is 23.0 Å². The molecule has 0 saturated carbocycles. The third-order valence-corrected chi connectivity index (χ3v) is 9.67. The van der Waals surface area contributed by atoms with Gasteiger partial charge >= 0.3 is 17.9 Å². The van der Waals surface area contributed by atoms with Gasteiger partial charge in [0.25, 0.3) is 5.56 Å². The van der Waals surface area contributed by atoms with Crippen LogP contribution in [0.3, 0.4) is 0 Å². The van der Waals surface area contributed by atoms with Crippen LogP contribution in [0.1, 0.15) is 60.8 Å². The number of benzene rings is 3. The zero-order valence-electron chi connectivity index (χ0n) is 29.6. The maximum Gasteiger partial charge on any atom is 0.343 e. The third kappa shape index (κ3) is 8.90. The quantitative estimate of drug-likeness (QED) is 0.126. The Labute approximate surface area is 322 Å². The number of methoxy groups -OCH3 is 1. The molecule has 0 aliphatic carbocycles. The van der Waals surface area contributed by atoms with Crippen molar-refractivity contribution in [3.05, 3.63) is 111 Å². The number of aromatic nitrogens is 1. The molecule has 278 valence electrons. The van der Waals surface area contributed by atoms with Crippen molar-refractivity contribution in [2.24, 2.45) is 4.99 Å². The zero-order chi connectivity index (χ0) is 38.2. The van der Waals surface area contributed by atoms with Gasteiger partial charge in [-0.1, -0.05) is 29.5 Å². The van der Waals surface area contributed by atoms with E-state index < -0.39 is 23.9 Å². The number of nitrogens with zero attached hydrogens (tertiary/aromatic N) is 2. The summed E-state index contributed by atoms with van der Waals surface area (Å²) in [6, 6.07) is 14.1. The number of ether oxygens (including phenoxy) is 6. The molecule has 2 heterocycles. The van der Waals surface area contributed by atoms with Crippen LogP contribution in [-0.2, 0) is 25.7 Å². The Morgan fingerprint density at radius 2 is 1.64 bits per heavy atom. The van der Waals surface area contributed by atoms with Crippen molar-refractivity contribution in [1.82, 2.24) is 4.57 Å². The number of carboxylic acid groups (broad SMARTS) is 1. The standard InChI is InChI=1S/C38H37IN2O11S/c1-6-48-28-18-25(13-14-27(28)51-20-31(42)47-5)33-32(37(46)50-8-3)21(4)40-38-41(33)35(43)30(53-38)17-23-15-26(39)34(29(16-23)49-7-2)52-19-22-9-11-24(12-10-22)36(44)45/h9-18,33H,6-8,19-20H2,1-5H3,(H,44,45)/b30-17-/t33-/m0/s1. The number of hydrogen-bond acceptors (Lipinski definition) is 12. The minimum atomic E-state index is -1.01. The van der Waals surface area contributed by atoms with Crippen molar-refractivity contribution in [2.45, 2.75) is 40.3 Å². The van der Waals surface area contributed by atoms with Crippen LogP contribution in [-0.4, -0.2) is 61.1 Å². The van der Waals surface area contributed by atoms with Crippen LogP contribution in [0.4, 0.5) is 0 Å². The van der Waals surface area contributed by atoms with E-state index >= 15 is 0 Å². The first-order chi connectivity index (χ1) is 25.5. The van der Waals surface area contributed by atoms with E-state index in [2.05, 4.69) is 32.3 Å². The van der Waals surface area contributed by atoms with E-state index in [0.717, 1.165) is 9.13 Å². The van der Waals surface area contributed by atoms with Crippen LogP contribution in [0.2, 0.25) is 0 Å². The summed E-state index contributed by atoms with van der Waals surface area (Å²) in [5.41, 5.74) is 2.39. The Morgan fingerprint density at radius 1 is 0.925 bits per heavy atom. The highest BCUT2D eigenvalue weighted by molar-refractivity contribution is 14.1. The molecule has 1 aromatic heterocycles. The molecule has 0 amide bonds. The lowest BCUT2D eigenvalue weighted by Crippen LogP contribution is -2.40. The number of hydrogen-bond donors (Lipinski definition) is 1. The molecule has 4 aromatic rings. The van der Waals surface area contributed by atoms with Crippen molar-refractivity contribution in [3.63, 3.8) is 0 Å². The first kappa shape index (κ1) is 39.1. The number of allylic oxidation sites excluding steroid dienone is 1. The molecule has 1 aliphatic heterocycles. The van der Waals surface area contributed by atoms with Crippen molar-refractivity contribution >= 4 is 57.9 Å². The number of esters is 2. The van der Waals surface area contributed by atoms with Crippen molar-refractivity contribution in [1.29, 1.82) is 0 Å². The topological polar surface area (TPSA) is 161 Å². The molecule has 1 atom stereocenters. The van der Waals surface area contributed by atoms with Gasteiger partial charge in [-0.2, -0.15) is 0 Å². The van der Waals surface area contributed by atoms with Gasteiger partial charge in [0, 0.05) is 0 Å². The number of aromatic carboxylic acids is 1. The van der Waals surface area contributed by atoms with E-state index in [4.69, 9.17) is 23.7 Å². The average molecular weight is 857 g/mol. The van der Waals surface area contributed by atoms with E-state index in [1.807, 2.05) is 13.0 Å². The summed E-state index contributed by atoms with van der Waals surface area (Å²) in [4.78, 5) is 55.8. The molecule has 0 bridgehead atoms. The number of thiazole rings is 1. The van der Waals surface area contributed by atoms with Gasteiger partial charge < -0.3 is 33.5 Å². The fourth-order valence-corrected chi connectivity index (χ4v) is 7.34. The summed E-state index contributed by atoms with van der Waals surface area (Å²) in [6.07, 6.45) is 1.73. The molecule has 53 heavy (non-hydrogen) atoms. The number of fused-ring (bicyclic) bond motifs is 1. The van der Waals surface area contributed by atoms with Gasteiger partial charge in [0.2, 0.25) is 0 Å². The molecular weight excluding hydrogens is 819 g/mol. The molecular formula is C38H37IN2O11S. The molecule has 3 aromatic carbocycles. The number of halogens is 1. The minimum Gasteiger partial charge on any atom is -0.490 e. The molecule has 0 unspecified atom stereocenters. The van der Waals surface area contributed by atoms with Crippen molar-refractivity contribution < 1.29 is 47.9 Å². The summed E-state index contributed by atoms with van der Waals surface area (Å²) >= 11 is 3.32. The van der Waals surface area contributed by atoms with E-state index in [-0.39, 0.29) is 48.9 Å². The van der Waals surface area contributed by atoms with Crippen molar-refractivity contribution in [3.8, 4) is 23.0 Å². The van der Waals surface area contributed by atoms with E-state index in [1.165, 1.54) is 35.1 Å². The lowest BCUT2D eigenvalue weighted by Gasteiger charge is -2.25. The highest BCUT2D eigenvalue weighted by Crippen LogP contribution is 2.37. The molecule has 13 nitrogen and oxygen atoms in total. The highest BCUT2D eigenvalue weighted by atomic mass is 127. The number of carboxylic acids is 1. The lowest BCUT2D eigenvalue weighted by molar-refractivity contribution is -0.143. The summed E-state index contributed by atoms with van der Waals surface area (Å²) < 4.78 is 36.2. The number of carbonyl (C=O) groups excluding carboxylic acids is 2. The summed E-state index contributed by atoms with van der Waals surface area (Å²) in [5, 5.41) is 9.20. The van der Waals surface area contributed by atoms with Crippen LogP contribution in [0, 0.1) is 3.57 Å². The lowest BCUT2D eigenvalue weighted by atomic mass is 9.95. The fraction of sp³-hybridized carbons (Fsp3) is 0.289. The summed E-state index contributed by atoms with van der Waals surface area (Å²) in [5.74, 6) is -0.610. The maximum absolute atomic E-state index is 14.3. The second-order valence-corrected chi connectivity index (χ2v) is 13.5. The molecule has 15 heteroatoms. The minimum absolute atomic E-state index is 0.120. The van der Waals surface area contributed by atoms with Gasteiger partial charge in [-0.05, 0) is 109 Å². The Morgan fingerprint density at radius 3 is 2.30 bits per heavy atom. The van der Waals surface area contributed by atoms with Gasteiger partial charge in [0.15, 0.2) is 34.4 Å². The predicted molar refractivity (Wildman–Crippen MR) is 204 cm³/mol. The van der Waals surface area contributed by atoms with Crippen LogP contribution >= 0.6 is 33.9 Å². The van der Waals surface area contributed by atoms with E-state index in [0.29, 0.717) is 50.0 Å². The number of carbonyl (C=O) groups is 3. The third-order valence-electron chi connectivity index (χ3n) is 7.89. The molecule has 0 spiro atoms. The Hall–Kier alpha value is -5.16. The SMILES string of the molecule is CCOC(=O)C1=C(C)N=c2s/c(=C\c3cc(I)c(OCc4ccc(C(=O)O)cc4)c(OCC)c3)c(=O)n2[C@H]1c1ccc(OCC(=O)OC)c(OCC)c1. The van der Waals surface area contributed by atoms with Gasteiger partial charge in [0.1, 0.15) is 6.61 Å². The van der Waals surface area contributed by atoms with E-state index in [1.54, 1.807) is 63.2 Å². The highest BCUT2D eigenvalue weighted by Gasteiger charge is 2.34. The summed E-state index contributed by atoms with van der Waals surface area (Å²) in [7, 11) is 1.26. The second kappa shape index (κ2) is 17.6. The summed E-state index contributed by atoms with van der Waals surface area (Å²) in [6.45, 7) is 7.65. The number of rotatable bonds is 15. The Balaban J connectivity index is 1.57. The first-order valence-electron chi connectivity index (χ1n) is 16.6. The van der Waals surface area contributed by atoms with Crippen LogP contribution in [0.15, 0.2) is 75.7 Å². The molecule has 1 N–H and O–H groups in total. The van der Waals surface area contributed by atoms with Gasteiger partial charge in [-0.15, -0.1) is 0 Å². The normalized spacial score (nSPS) is 13.8. The van der Waals surface area contributed by atoms with Crippen LogP contribution in [0.25, 0.3) is 6.08 Å². The molecule has 5 rings (SSSR count). The van der Waals surface area contributed by atoms with Crippen molar-refractivity contribution in [2.75, 3.05) is 33.5 Å². The Kier molecular flexibility index (Phi) is 12.9. The largest absolute Gasteiger partial charge is 0.490 e. The monoisotopic (exact) mass is 856 g/mol. The fourth-order valence-electron chi connectivity index (χ4n) is 5.51. The molecule has 0 saturated heterocycles. The first-order valence-corrected chi connectivity index (χ1v) is 18.5. The second-order valence-electron chi connectivity index (χ2n) is 11.4.